The van der Waals surface area contributed by atoms with Gasteiger partial charge in [0.1, 0.15) is 19.0 Å². The number of ether oxygens (including phenoxy) is 2. The highest BCUT2D eigenvalue weighted by Gasteiger charge is 2.50. The van der Waals surface area contributed by atoms with E-state index in [2.05, 4.69) is 49.6 Å². The summed E-state index contributed by atoms with van der Waals surface area (Å²) in [6.07, 6.45) is 7.12. The van der Waals surface area contributed by atoms with Crippen LogP contribution in [0.3, 0.4) is 0 Å². The summed E-state index contributed by atoms with van der Waals surface area (Å²) in [6, 6.07) is 14.2. The second-order valence-corrected chi connectivity index (χ2v) is 13.8. The third-order valence-electron chi connectivity index (χ3n) is 10.8. The number of hydrogen-bond acceptors (Lipinski definition) is 9. The molecule has 0 radical (unpaired) electrons. The lowest BCUT2D eigenvalue weighted by molar-refractivity contribution is 0.0554. The van der Waals surface area contributed by atoms with E-state index in [0.717, 1.165) is 91.3 Å². The molecule has 2 bridgehead atoms. The highest BCUT2D eigenvalue weighted by Crippen LogP contribution is 2.43. The molecular weight excluding hydrogens is 590 g/mol. The number of anilines is 2. The van der Waals surface area contributed by atoms with Crippen molar-refractivity contribution in [3.8, 4) is 6.01 Å². The van der Waals surface area contributed by atoms with Gasteiger partial charge in [-0.1, -0.05) is 35.9 Å². The number of aromatic nitrogens is 2. The van der Waals surface area contributed by atoms with Crippen LogP contribution < -0.4 is 25.2 Å². The first-order valence-electron chi connectivity index (χ1n) is 16.6. The van der Waals surface area contributed by atoms with Gasteiger partial charge in [0.2, 0.25) is 0 Å². The van der Waals surface area contributed by atoms with E-state index in [4.69, 9.17) is 31.0 Å². The Labute approximate surface area is 269 Å². The van der Waals surface area contributed by atoms with Crippen molar-refractivity contribution < 1.29 is 14.3 Å². The highest BCUT2D eigenvalue weighted by atomic mass is 35.5. The van der Waals surface area contributed by atoms with Gasteiger partial charge in [-0.05, 0) is 69.0 Å². The fourth-order valence-electron chi connectivity index (χ4n) is 8.66. The predicted octanol–water partition coefficient (Wildman–Crippen LogP) is 4.52. The molecule has 3 aromatic rings. The molecule has 2 N–H and O–H groups in total. The average molecular weight is 632 g/mol. The number of nitrogens with zero attached hydrogens (tertiary/aromatic N) is 5. The molecule has 5 aliphatic rings. The minimum Gasteiger partial charge on any atom is -0.461 e. The summed E-state index contributed by atoms with van der Waals surface area (Å²) >= 11 is 6.75. The van der Waals surface area contributed by atoms with Crippen LogP contribution in [-0.4, -0.2) is 91.1 Å². The minimum absolute atomic E-state index is 0.0734. The van der Waals surface area contributed by atoms with Crippen molar-refractivity contribution in [3.63, 3.8) is 0 Å². The van der Waals surface area contributed by atoms with Crippen LogP contribution in [0.25, 0.3) is 10.8 Å². The Morgan fingerprint density at radius 2 is 1.89 bits per heavy atom. The number of carbonyl (C=O) groups excluding carboxylic acids is 1. The van der Waals surface area contributed by atoms with Crippen molar-refractivity contribution in [2.75, 3.05) is 56.2 Å². The molecule has 10 nitrogen and oxygen atoms in total. The van der Waals surface area contributed by atoms with Gasteiger partial charge in [0.25, 0.3) is 0 Å². The third kappa shape index (κ3) is 5.34. The van der Waals surface area contributed by atoms with E-state index < -0.39 is 0 Å². The van der Waals surface area contributed by atoms with E-state index in [1.54, 1.807) is 7.05 Å². The van der Waals surface area contributed by atoms with Gasteiger partial charge in [0.15, 0.2) is 0 Å². The number of hydrogen-bond donors (Lipinski definition) is 2. The number of benzene rings is 2. The Morgan fingerprint density at radius 3 is 2.71 bits per heavy atom. The monoisotopic (exact) mass is 631 g/mol. The Hall–Kier alpha value is -3.34. The van der Waals surface area contributed by atoms with Gasteiger partial charge >= 0.3 is 12.1 Å². The lowest BCUT2D eigenvalue weighted by atomic mass is 9.95. The van der Waals surface area contributed by atoms with Crippen molar-refractivity contribution in [2.45, 2.75) is 75.2 Å². The zero-order valence-corrected chi connectivity index (χ0v) is 26.7. The molecule has 0 spiro atoms. The SMILES string of the molecule is CNC(=O)OCC1CCC2(COc3nc4c(c(N5C[C@H]6CC[C@@H](C5)N6)n3)CCN(c3cccc5cccc(Cl)c35)C4)CCCN12. The molecule has 5 aliphatic heterocycles. The fourth-order valence-corrected chi connectivity index (χ4v) is 8.94. The van der Waals surface area contributed by atoms with Crippen LogP contribution in [0.1, 0.15) is 49.8 Å². The van der Waals surface area contributed by atoms with Crippen molar-refractivity contribution >= 4 is 40.0 Å². The van der Waals surface area contributed by atoms with Gasteiger partial charge in [-0.2, -0.15) is 9.97 Å². The molecule has 1 amide bonds. The number of piperazine rings is 1. The molecule has 6 heterocycles. The topological polar surface area (TPSA) is 95.1 Å². The van der Waals surface area contributed by atoms with E-state index in [1.807, 2.05) is 12.1 Å². The number of fused-ring (bicyclic) bond motifs is 5. The van der Waals surface area contributed by atoms with Gasteiger partial charge < -0.3 is 29.9 Å². The zero-order valence-electron chi connectivity index (χ0n) is 25.9. The quantitative estimate of drug-likeness (QED) is 0.390. The molecule has 0 aliphatic carbocycles. The van der Waals surface area contributed by atoms with E-state index >= 15 is 0 Å². The van der Waals surface area contributed by atoms with Crippen LogP contribution in [0, 0.1) is 0 Å². The first-order chi connectivity index (χ1) is 22.0. The van der Waals surface area contributed by atoms with Crippen LogP contribution in [0.15, 0.2) is 36.4 Å². The first-order valence-corrected chi connectivity index (χ1v) is 16.9. The van der Waals surface area contributed by atoms with Crippen LogP contribution >= 0.6 is 11.6 Å². The second-order valence-electron chi connectivity index (χ2n) is 13.4. The first kappa shape index (κ1) is 29.1. The van der Waals surface area contributed by atoms with Crippen molar-refractivity contribution in [1.82, 2.24) is 25.5 Å². The number of amides is 1. The molecule has 4 saturated heterocycles. The van der Waals surface area contributed by atoms with Crippen LogP contribution in [0.4, 0.5) is 16.3 Å². The maximum Gasteiger partial charge on any atom is 0.406 e. The maximum atomic E-state index is 11.8. The predicted molar refractivity (Wildman–Crippen MR) is 175 cm³/mol. The summed E-state index contributed by atoms with van der Waals surface area (Å²) in [5.74, 6) is 1.05. The molecule has 4 fully saturated rings. The number of carbonyl (C=O) groups is 1. The summed E-state index contributed by atoms with van der Waals surface area (Å²) in [7, 11) is 1.60. The van der Waals surface area contributed by atoms with Gasteiger partial charge in [0.05, 0.1) is 22.8 Å². The summed E-state index contributed by atoms with van der Waals surface area (Å²) in [6.45, 7) is 5.43. The molecule has 11 heteroatoms. The number of halogens is 1. The van der Waals surface area contributed by atoms with Crippen molar-refractivity contribution in [3.05, 3.63) is 52.7 Å². The Kier molecular flexibility index (Phi) is 7.62. The fraction of sp³-hybridized carbons (Fsp3) is 0.559. The van der Waals surface area contributed by atoms with E-state index in [-0.39, 0.29) is 17.7 Å². The van der Waals surface area contributed by atoms with E-state index in [9.17, 15) is 4.79 Å². The maximum absolute atomic E-state index is 11.8. The number of alkyl carbamates (subject to hydrolysis) is 1. The zero-order chi connectivity index (χ0) is 30.5. The molecule has 2 aromatic carbocycles. The molecule has 8 rings (SSSR count). The molecule has 45 heavy (non-hydrogen) atoms. The van der Waals surface area contributed by atoms with Crippen LogP contribution in [0.2, 0.25) is 5.02 Å². The molecular formula is C34H42ClN7O3. The summed E-state index contributed by atoms with van der Waals surface area (Å²) in [5.41, 5.74) is 3.36. The Balaban J connectivity index is 1.08. The van der Waals surface area contributed by atoms with Crippen LogP contribution in [-0.2, 0) is 17.7 Å². The van der Waals surface area contributed by atoms with E-state index in [0.29, 0.717) is 37.9 Å². The molecule has 238 valence electrons. The number of rotatable bonds is 7. The highest BCUT2D eigenvalue weighted by molar-refractivity contribution is 6.36. The van der Waals surface area contributed by atoms with Gasteiger partial charge in [0, 0.05) is 61.4 Å². The summed E-state index contributed by atoms with van der Waals surface area (Å²) < 4.78 is 12.1. The molecule has 4 atom stereocenters. The van der Waals surface area contributed by atoms with Crippen molar-refractivity contribution in [1.29, 1.82) is 0 Å². The van der Waals surface area contributed by atoms with Gasteiger partial charge in [-0.25, -0.2) is 4.79 Å². The smallest absolute Gasteiger partial charge is 0.406 e. The lowest BCUT2D eigenvalue weighted by Crippen LogP contribution is -2.52. The average Bonchev–Trinajstić information content (AvgIpc) is 3.74. The summed E-state index contributed by atoms with van der Waals surface area (Å²) in [4.78, 5) is 29.4. The summed E-state index contributed by atoms with van der Waals surface area (Å²) in [5, 5.41) is 9.33. The normalized spacial score (nSPS) is 27.5. The van der Waals surface area contributed by atoms with Gasteiger partial charge in [-0.3, -0.25) is 4.90 Å². The van der Waals surface area contributed by atoms with E-state index in [1.165, 1.54) is 18.4 Å². The Bertz CT molecular complexity index is 1590. The Morgan fingerprint density at radius 1 is 1.07 bits per heavy atom. The molecule has 2 unspecified atom stereocenters. The molecule has 0 saturated carbocycles. The third-order valence-corrected chi connectivity index (χ3v) is 11.1. The lowest BCUT2D eigenvalue weighted by Gasteiger charge is -2.38. The second kappa shape index (κ2) is 11.8. The largest absolute Gasteiger partial charge is 0.461 e. The molecule has 1 aromatic heterocycles. The van der Waals surface area contributed by atoms with Gasteiger partial charge in [-0.15, -0.1) is 0 Å². The van der Waals surface area contributed by atoms with Crippen molar-refractivity contribution in [2.24, 2.45) is 0 Å². The minimum atomic E-state index is -0.376. The van der Waals surface area contributed by atoms with Crippen LogP contribution in [0.5, 0.6) is 6.01 Å². The number of nitrogens with one attached hydrogen (secondary N) is 2. The standard InChI is InChI=1S/C34H42ClN7O3/c1-36-33(43)44-20-25-11-14-34(13-4-15-42(25)34)21-45-32-38-28-19-40(29-8-3-6-22-5-2-7-27(35)30(22)29)16-12-26(28)31(39-32)41-17-23-9-10-24(18-41)37-23/h2-3,5-8,23-25,37H,4,9-21H2,1H3,(H,36,43)/t23-,24+,25?,34?.